The van der Waals surface area contributed by atoms with Gasteiger partial charge in [0.05, 0.1) is 5.41 Å². The highest BCUT2D eigenvalue weighted by Gasteiger charge is 2.28. The van der Waals surface area contributed by atoms with Crippen LogP contribution in [0.3, 0.4) is 0 Å². The van der Waals surface area contributed by atoms with E-state index < -0.39 is 11.4 Å². The number of hydrogen-bond donors (Lipinski definition) is 1. The lowest BCUT2D eigenvalue weighted by Gasteiger charge is -2.21. The van der Waals surface area contributed by atoms with Crippen molar-refractivity contribution in [3.63, 3.8) is 0 Å². The zero-order valence-electron chi connectivity index (χ0n) is 10.5. The molecule has 0 atom stereocenters. The number of benzene rings is 1. The van der Waals surface area contributed by atoms with Gasteiger partial charge in [0.25, 0.3) is 0 Å². The van der Waals surface area contributed by atoms with Crippen LogP contribution in [0.1, 0.15) is 37.5 Å². The predicted molar refractivity (Wildman–Crippen MR) is 65.7 cm³/mol. The summed E-state index contributed by atoms with van der Waals surface area (Å²) in [5.74, 6) is -0.740. The third-order valence-corrected chi connectivity index (χ3v) is 2.95. The molecule has 0 aliphatic rings. The molecular formula is C14H20O2. The monoisotopic (exact) mass is 220 g/mol. The molecule has 1 N–H and O–H groups in total. The van der Waals surface area contributed by atoms with Gasteiger partial charge < -0.3 is 5.11 Å². The van der Waals surface area contributed by atoms with Gasteiger partial charge in [-0.2, -0.15) is 0 Å². The van der Waals surface area contributed by atoms with Crippen LogP contribution in [0.25, 0.3) is 0 Å². The first kappa shape index (κ1) is 12.8. The molecule has 0 bridgehead atoms. The molecule has 16 heavy (non-hydrogen) atoms. The summed E-state index contributed by atoms with van der Waals surface area (Å²) in [5.41, 5.74) is 2.90. The van der Waals surface area contributed by atoms with E-state index in [4.69, 9.17) is 5.11 Å². The fraction of sp³-hybridized carbons (Fsp3) is 0.500. The first-order chi connectivity index (χ1) is 7.36. The van der Waals surface area contributed by atoms with Crippen molar-refractivity contribution in [2.45, 2.75) is 40.5 Å². The van der Waals surface area contributed by atoms with Gasteiger partial charge in [0, 0.05) is 0 Å². The van der Waals surface area contributed by atoms with Gasteiger partial charge >= 0.3 is 5.97 Å². The third-order valence-electron chi connectivity index (χ3n) is 2.95. The van der Waals surface area contributed by atoms with Gasteiger partial charge in [0.15, 0.2) is 0 Å². The highest BCUT2D eigenvalue weighted by Crippen LogP contribution is 2.25. The Morgan fingerprint density at radius 1 is 1.31 bits per heavy atom. The van der Waals surface area contributed by atoms with Crippen molar-refractivity contribution >= 4 is 5.97 Å². The summed E-state index contributed by atoms with van der Waals surface area (Å²) in [7, 11) is 0. The SMILES string of the molecule is CCc1ccc(C)cc1CC(C)(C)C(=O)O. The lowest BCUT2D eigenvalue weighted by molar-refractivity contribution is -0.146. The Morgan fingerprint density at radius 3 is 2.44 bits per heavy atom. The summed E-state index contributed by atoms with van der Waals surface area (Å²) in [5, 5.41) is 9.14. The molecule has 0 unspecified atom stereocenters. The molecule has 0 aromatic heterocycles. The Hall–Kier alpha value is -1.31. The summed E-state index contributed by atoms with van der Waals surface area (Å²) in [6, 6.07) is 6.28. The van der Waals surface area contributed by atoms with Crippen molar-refractivity contribution in [3.05, 3.63) is 34.9 Å². The standard InChI is InChI=1S/C14H20O2/c1-5-11-7-6-10(2)8-12(11)9-14(3,4)13(15)16/h6-8H,5,9H2,1-4H3,(H,15,16). The van der Waals surface area contributed by atoms with Crippen molar-refractivity contribution in [2.75, 3.05) is 0 Å². The Bertz CT molecular complexity index is 392. The van der Waals surface area contributed by atoms with Crippen LogP contribution >= 0.6 is 0 Å². The molecule has 2 nitrogen and oxygen atoms in total. The van der Waals surface area contributed by atoms with Crippen molar-refractivity contribution in [1.29, 1.82) is 0 Å². The van der Waals surface area contributed by atoms with E-state index in [0.717, 1.165) is 12.0 Å². The minimum atomic E-state index is -0.740. The van der Waals surface area contributed by atoms with E-state index in [1.165, 1.54) is 11.1 Å². The number of carboxylic acids is 1. The number of aliphatic carboxylic acids is 1. The van der Waals surface area contributed by atoms with Crippen LogP contribution in [0.15, 0.2) is 18.2 Å². The Kier molecular flexibility index (Phi) is 3.74. The van der Waals surface area contributed by atoms with Crippen LogP contribution in [-0.4, -0.2) is 11.1 Å². The van der Waals surface area contributed by atoms with Gasteiger partial charge in [-0.05, 0) is 44.7 Å². The van der Waals surface area contributed by atoms with Gasteiger partial charge in [-0.25, -0.2) is 0 Å². The molecule has 1 rings (SSSR count). The van der Waals surface area contributed by atoms with Gasteiger partial charge in [-0.1, -0.05) is 30.7 Å². The molecular weight excluding hydrogens is 200 g/mol. The van der Waals surface area contributed by atoms with Gasteiger partial charge in [-0.15, -0.1) is 0 Å². The smallest absolute Gasteiger partial charge is 0.309 e. The van der Waals surface area contributed by atoms with Crippen LogP contribution in [0.5, 0.6) is 0 Å². The van der Waals surface area contributed by atoms with Crippen molar-refractivity contribution in [1.82, 2.24) is 0 Å². The fourth-order valence-electron chi connectivity index (χ4n) is 1.82. The summed E-state index contributed by atoms with van der Waals surface area (Å²) in [6.45, 7) is 7.69. The highest BCUT2D eigenvalue weighted by atomic mass is 16.4. The maximum absolute atomic E-state index is 11.1. The summed E-state index contributed by atoms with van der Waals surface area (Å²) in [6.07, 6.45) is 1.54. The second-order valence-corrected chi connectivity index (χ2v) is 4.99. The van der Waals surface area contributed by atoms with Crippen molar-refractivity contribution < 1.29 is 9.90 Å². The first-order valence-corrected chi connectivity index (χ1v) is 5.68. The van der Waals surface area contributed by atoms with E-state index in [2.05, 4.69) is 25.1 Å². The second kappa shape index (κ2) is 4.69. The average Bonchev–Trinajstić information content (AvgIpc) is 2.17. The fourth-order valence-corrected chi connectivity index (χ4v) is 1.82. The van der Waals surface area contributed by atoms with Gasteiger partial charge in [0.1, 0.15) is 0 Å². The molecule has 0 saturated carbocycles. The molecule has 1 aromatic rings. The molecule has 0 fully saturated rings. The van der Waals surface area contributed by atoms with Gasteiger partial charge in [0.2, 0.25) is 0 Å². The lowest BCUT2D eigenvalue weighted by atomic mass is 9.83. The Balaban J connectivity index is 3.04. The molecule has 2 heteroatoms. The zero-order valence-corrected chi connectivity index (χ0v) is 10.5. The molecule has 0 aliphatic heterocycles. The molecule has 1 aromatic carbocycles. The normalized spacial score (nSPS) is 11.5. The topological polar surface area (TPSA) is 37.3 Å². The van der Waals surface area contributed by atoms with Crippen LogP contribution in [0, 0.1) is 12.3 Å². The van der Waals surface area contributed by atoms with E-state index in [9.17, 15) is 4.79 Å². The van der Waals surface area contributed by atoms with Gasteiger partial charge in [-0.3, -0.25) is 4.79 Å². The van der Waals surface area contributed by atoms with Crippen molar-refractivity contribution in [3.8, 4) is 0 Å². The largest absolute Gasteiger partial charge is 0.481 e. The summed E-state index contributed by atoms with van der Waals surface area (Å²) < 4.78 is 0. The van der Waals surface area contributed by atoms with Crippen LogP contribution < -0.4 is 0 Å². The van der Waals surface area contributed by atoms with E-state index in [1.54, 1.807) is 13.8 Å². The number of carbonyl (C=O) groups is 1. The minimum absolute atomic E-state index is 0.590. The average molecular weight is 220 g/mol. The number of carboxylic acid groups (broad SMARTS) is 1. The number of hydrogen-bond acceptors (Lipinski definition) is 1. The summed E-state index contributed by atoms with van der Waals surface area (Å²) in [4.78, 5) is 11.1. The minimum Gasteiger partial charge on any atom is -0.481 e. The maximum atomic E-state index is 11.1. The van der Waals surface area contributed by atoms with E-state index >= 15 is 0 Å². The molecule has 0 saturated heterocycles. The quantitative estimate of drug-likeness (QED) is 0.846. The lowest BCUT2D eigenvalue weighted by Crippen LogP contribution is -2.26. The number of rotatable bonds is 4. The summed E-state index contributed by atoms with van der Waals surface area (Å²) >= 11 is 0. The van der Waals surface area contributed by atoms with Crippen LogP contribution in [0.2, 0.25) is 0 Å². The Labute approximate surface area is 97.3 Å². The molecule has 0 amide bonds. The molecule has 0 heterocycles. The zero-order chi connectivity index (χ0) is 12.3. The third kappa shape index (κ3) is 2.84. The molecule has 0 radical (unpaired) electrons. The maximum Gasteiger partial charge on any atom is 0.309 e. The van der Waals surface area contributed by atoms with E-state index in [-0.39, 0.29) is 0 Å². The van der Waals surface area contributed by atoms with Crippen LogP contribution in [-0.2, 0) is 17.6 Å². The molecule has 0 spiro atoms. The number of aryl methyl sites for hydroxylation is 2. The van der Waals surface area contributed by atoms with E-state index in [1.807, 2.05) is 6.92 Å². The predicted octanol–water partition coefficient (Wildman–Crippen LogP) is 3.21. The van der Waals surface area contributed by atoms with Crippen LogP contribution in [0.4, 0.5) is 0 Å². The highest BCUT2D eigenvalue weighted by molar-refractivity contribution is 5.74. The Morgan fingerprint density at radius 2 is 1.94 bits per heavy atom. The molecule has 88 valence electrons. The van der Waals surface area contributed by atoms with Crippen molar-refractivity contribution in [2.24, 2.45) is 5.41 Å². The second-order valence-electron chi connectivity index (χ2n) is 4.99. The van der Waals surface area contributed by atoms with E-state index in [0.29, 0.717) is 6.42 Å². The molecule has 0 aliphatic carbocycles. The first-order valence-electron chi connectivity index (χ1n) is 5.68.